The number of fused-ring (bicyclic) bond motifs is 2. The minimum absolute atomic E-state index is 0.0825. The summed E-state index contributed by atoms with van der Waals surface area (Å²) in [6, 6.07) is 79.3. The fourth-order valence-corrected chi connectivity index (χ4v) is 12.7. The van der Waals surface area contributed by atoms with Crippen LogP contribution in [-0.2, 0) is 0 Å². The van der Waals surface area contributed by atoms with Crippen LogP contribution in [0, 0.1) is 12.8 Å². The van der Waals surface area contributed by atoms with Crippen LogP contribution < -0.4 is 9.80 Å². The molecular formula is C77H74N6. The molecule has 10 aromatic rings. The Kier molecular flexibility index (Phi) is 15.1. The smallest absolute Gasteiger partial charge is 0.160 e. The van der Waals surface area contributed by atoms with Gasteiger partial charge in [0.1, 0.15) is 5.82 Å². The van der Waals surface area contributed by atoms with Gasteiger partial charge in [-0.25, -0.2) is 15.0 Å². The number of aliphatic imine (C=N–C) groups is 2. The van der Waals surface area contributed by atoms with Crippen LogP contribution in [0.2, 0.25) is 0 Å². The van der Waals surface area contributed by atoms with E-state index in [1.165, 1.54) is 56.1 Å². The SMILES string of the molecule is C=C1c2ccccc2N(c2ccccc2C(C)C)[C@@H]1c1ccc(C2=NC(c3ccc(C(CC)N(c4ccccc4C)c4ccccc4C(C)C)cc3)=CC(C)C(c3ccc(-c4nc5ccccc5n4-c4ccccc4C(C)C)cc3)=N2)cc1. The summed E-state index contributed by atoms with van der Waals surface area (Å²) in [5.74, 6) is 2.53. The second-order valence-electron chi connectivity index (χ2n) is 23.4. The Morgan fingerprint density at radius 3 is 1.73 bits per heavy atom. The van der Waals surface area contributed by atoms with Crippen LogP contribution in [0.25, 0.3) is 39.4 Å². The molecule has 0 N–H and O–H groups in total. The summed E-state index contributed by atoms with van der Waals surface area (Å²) in [5.41, 5.74) is 23.8. The van der Waals surface area contributed by atoms with E-state index in [2.05, 4.69) is 301 Å². The van der Waals surface area contributed by atoms with E-state index >= 15 is 0 Å². The summed E-state index contributed by atoms with van der Waals surface area (Å²) in [7, 11) is 0. The van der Waals surface area contributed by atoms with Crippen LogP contribution in [0.4, 0.5) is 22.7 Å². The number of aromatic nitrogens is 2. The lowest BCUT2D eigenvalue weighted by Crippen LogP contribution is -2.25. The van der Waals surface area contributed by atoms with Gasteiger partial charge in [0.2, 0.25) is 0 Å². The highest BCUT2D eigenvalue weighted by Crippen LogP contribution is 2.53. The summed E-state index contributed by atoms with van der Waals surface area (Å²) in [4.78, 5) is 21.5. The third-order valence-corrected chi connectivity index (χ3v) is 17.0. The van der Waals surface area contributed by atoms with Gasteiger partial charge in [-0.1, -0.05) is 238 Å². The first kappa shape index (κ1) is 54.5. The van der Waals surface area contributed by atoms with Gasteiger partial charge in [-0.15, -0.1) is 0 Å². The topological polar surface area (TPSA) is 49.0 Å². The van der Waals surface area contributed by atoms with E-state index in [1.54, 1.807) is 0 Å². The van der Waals surface area contributed by atoms with Gasteiger partial charge in [-0.3, -0.25) is 4.57 Å². The Hall–Kier alpha value is -9.13. The van der Waals surface area contributed by atoms with E-state index in [-0.39, 0.29) is 18.0 Å². The predicted molar refractivity (Wildman–Crippen MR) is 351 cm³/mol. The number of hydrogen-bond donors (Lipinski definition) is 0. The van der Waals surface area contributed by atoms with Gasteiger partial charge in [0.25, 0.3) is 0 Å². The number of anilines is 4. The largest absolute Gasteiger partial charge is 0.333 e. The van der Waals surface area contributed by atoms with Crippen molar-refractivity contribution < 1.29 is 0 Å². The molecule has 412 valence electrons. The van der Waals surface area contributed by atoms with E-state index in [0.29, 0.717) is 23.6 Å². The van der Waals surface area contributed by atoms with Crippen LogP contribution in [0.5, 0.6) is 0 Å². The Bertz CT molecular complexity index is 4110. The minimum Gasteiger partial charge on any atom is -0.333 e. The third-order valence-electron chi connectivity index (χ3n) is 17.0. The maximum absolute atomic E-state index is 5.61. The molecule has 0 saturated heterocycles. The molecule has 83 heavy (non-hydrogen) atoms. The number of para-hydroxylation sites is 7. The van der Waals surface area contributed by atoms with Gasteiger partial charge >= 0.3 is 0 Å². The molecule has 6 nitrogen and oxygen atoms in total. The molecule has 3 atom stereocenters. The van der Waals surface area contributed by atoms with Crippen LogP contribution in [-0.4, -0.2) is 21.1 Å². The maximum atomic E-state index is 5.61. The average Bonchev–Trinajstić information content (AvgIpc) is 4.24. The van der Waals surface area contributed by atoms with E-state index in [0.717, 1.165) is 73.8 Å². The predicted octanol–water partition coefficient (Wildman–Crippen LogP) is 20.5. The Labute approximate surface area is 491 Å². The van der Waals surface area contributed by atoms with Crippen molar-refractivity contribution in [2.45, 2.75) is 98.6 Å². The molecule has 0 bridgehead atoms. The lowest BCUT2D eigenvalue weighted by atomic mass is 9.93. The quantitative estimate of drug-likeness (QED) is 0.103. The summed E-state index contributed by atoms with van der Waals surface area (Å²) in [5, 5.41) is 0. The maximum Gasteiger partial charge on any atom is 0.160 e. The molecule has 0 radical (unpaired) electrons. The Morgan fingerprint density at radius 2 is 1.06 bits per heavy atom. The molecule has 0 aliphatic carbocycles. The van der Waals surface area contributed by atoms with Crippen molar-refractivity contribution in [3.05, 3.63) is 287 Å². The molecule has 6 heteroatoms. The zero-order chi connectivity index (χ0) is 57.5. The van der Waals surface area contributed by atoms with Crippen LogP contribution in [0.1, 0.15) is 147 Å². The van der Waals surface area contributed by atoms with Crippen LogP contribution in [0.3, 0.4) is 0 Å². The first-order valence-electron chi connectivity index (χ1n) is 29.8. The number of rotatable bonds is 15. The molecule has 0 amide bonds. The summed E-state index contributed by atoms with van der Waals surface area (Å²) in [6.45, 7) is 25.2. The van der Waals surface area contributed by atoms with Crippen molar-refractivity contribution in [2.75, 3.05) is 9.80 Å². The lowest BCUT2D eigenvalue weighted by molar-refractivity contribution is 0.666. The molecular weight excluding hydrogens is 1010 g/mol. The van der Waals surface area contributed by atoms with Crippen molar-refractivity contribution in [1.29, 1.82) is 0 Å². The molecule has 12 rings (SSSR count). The van der Waals surface area contributed by atoms with E-state index in [1.807, 2.05) is 0 Å². The molecule has 0 spiro atoms. The Balaban J connectivity index is 0.949. The molecule has 0 saturated carbocycles. The van der Waals surface area contributed by atoms with Gasteiger partial charge in [-0.05, 0) is 130 Å². The highest BCUT2D eigenvalue weighted by atomic mass is 15.2. The molecule has 2 aliphatic rings. The van der Waals surface area contributed by atoms with E-state index in [4.69, 9.17) is 21.5 Å². The van der Waals surface area contributed by atoms with Gasteiger partial charge in [-0.2, -0.15) is 0 Å². The fraction of sp³-hybridized carbons (Fsp3) is 0.208. The first-order chi connectivity index (χ1) is 40.4. The fourth-order valence-electron chi connectivity index (χ4n) is 12.7. The molecule has 2 aliphatic heterocycles. The van der Waals surface area contributed by atoms with Gasteiger partial charge in [0.05, 0.1) is 40.2 Å². The monoisotopic (exact) mass is 1080 g/mol. The summed E-state index contributed by atoms with van der Waals surface area (Å²) in [6.07, 6.45) is 3.21. The minimum atomic E-state index is -0.0939. The van der Waals surface area contributed by atoms with Crippen LogP contribution in [0.15, 0.2) is 241 Å². The number of aryl methyl sites for hydroxylation is 1. The van der Waals surface area contributed by atoms with E-state index < -0.39 is 0 Å². The van der Waals surface area contributed by atoms with Crippen molar-refractivity contribution in [3.63, 3.8) is 0 Å². The number of allylic oxidation sites excluding steroid dienone is 1. The van der Waals surface area contributed by atoms with Crippen molar-refractivity contribution in [2.24, 2.45) is 15.9 Å². The Morgan fingerprint density at radius 1 is 0.518 bits per heavy atom. The van der Waals surface area contributed by atoms with Crippen molar-refractivity contribution >= 4 is 56.6 Å². The van der Waals surface area contributed by atoms with Crippen molar-refractivity contribution in [3.8, 4) is 17.1 Å². The number of amidine groups is 1. The molecule has 3 heterocycles. The normalized spacial score (nSPS) is 15.6. The number of imidazole rings is 1. The number of hydrogen-bond acceptors (Lipinski definition) is 5. The zero-order valence-corrected chi connectivity index (χ0v) is 49.4. The molecule has 2 unspecified atom stereocenters. The first-order valence-corrected chi connectivity index (χ1v) is 29.8. The standard InChI is InChI=1S/C77H74N6/c1-11-67(81(68-30-18-12-24-52(68)8)69-31-19-13-25-61(69)49(2)3)56-38-36-55(37-39-56)66-48-53(9)74(57-40-46-60(47-41-57)77-79-65-29-17-23-35-73(65)83(77)71-33-21-15-27-63(71)51(6)7)80-76(78-66)59-44-42-58(43-45-59)75-54(10)64-28-16-22-34-72(64)82(75)70-32-20-14-26-62(70)50(4)5/h12-51,53,67,75H,10-11H2,1-9H3/t53?,67?,75-/m0/s1. The lowest BCUT2D eigenvalue weighted by Gasteiger charge is -2.37. The number of benzene rings is 9. The molecule has 0 fully saturated rings. The molecule has 1 aromatic heterocycles. The second-order valence-corrected chi connectivity index (χ2v) is 23.4. The van der Waals surface area contributed by atoms with Gasteiger partial charge in [0, 0.05) is 45.4 Å². The summed E-state index contributed by atoms with van der Waals surface area (Å²) >= 11 is 0. The highest BCUT2D eigenvalue weighted by Gasteiger charge is 2.36. The zero-order valence-electron chi connectivity index (χ0n) is 49.4. The third kappa shape index (κ3) is 10.3. The molecule has 9 aromatic carbocycles. The van der Waals surface area contributed by atoms with Crippen molar-refractivity contribution in [1.82, 2.24) is 9.55 Å². The van der Waals surface area contributed by atoms with E-state index in [9.17, 15) is 0 Å². The number of nitrogens with zero attached hydrogens (tertiary/aromatic N) is 6. The summed E-state index contributed by atoms with van der Waals surface area (Å²) < 4.78 is 2.33. The van der Waals surface area contributed by atoms with Gasteiger partial charge < -0.3 is 9.80 Å². The highest BCUT2D eigenvalue weighted by molar-refractivity contribution is 6.16. The second kappa shape index (κ2) is 23.0. The van der Waals surface area contributed by atoms with Gasteiger partial charge in [0.15, 0.2) is 5.84 Å². The van der Waals surface area contributed by atoms with Crippen LogP contribution >= 0.6 is 0 Å². The average molecular weight is 1080 g/mol.